The highest BCUT2D eigenvalue weighted by molar-refractivity contribution is 6.30. The van der Waals surface area contributed by atoms with E-state index in [2.05, 4.69) is 27.4 Å². The van der Waals surface area contributed by atoms with E-state index < -0.39 is 0 Å². The lowest BCUT2D eigenvalue weighted by molar-refractivity contribution is 0.0830. The summed E-state index contributed by atoms with van der Waals surface area (Å²) in [5.41, 5.74) is 1.05. The van der Waals surface area contributed by atoms with Crippen LogP contribution in [0.4, 0.5) is 0 Å². The number of aromatic nitrogens is 3. The molecule has 1 fully saturated rings. The van der Waals surface area contributed by atoms with Crippen molar-refractivity contribution in [1.82, 2.24) is 20.5 Å². The standard InChI is InChI=1S/C16H21ClN4O2/c1-10(13-7-12(17)3-4-14(13)22-2)18-8-11-5-6-23-15(11)16-19-9-20-21-16/h3-4,7,9-11,15,18H,5-6,8H2,1-2H3,(H,19,20,21)/t10?,11-,15-/m0/s1. The lowest BCUT2D eigenvalue weighted by Gasteiger charge is -2.22. The Labute approximate surface area is 140 Å². The number of nitrogens with zero attached hydrogens (tertiary/aromatic N) is 2. The van der Waals surface area contributed by atoms with E-state index in [1.165, 1.54) is 6.33 Å². The topological polar surface area (TPSA) is 72.1 Å². The molecule has 1 aliphatic rings. The Balaban J connectivity index is 1.65. The summed E-state index contributed by atoms with van der Waals surface area (Å²) < 4.78 is 11.2. The maximum absolute atomic E-state index is 6.11. The van der Waals surface area contributed by atoms with Gasteiger partial charge in [0, 0.05) is 35.7 Å². The van der Waals surface area contributed by atoms with Crippen LogP contribution in [0.1, 0.15) is 36.9 Å². The first-order valence-electron chi connectivity index (χ1n) is 7.72. The molecule has 0 aliphatic carbocycles. The van der Waals surface area contributed by atoms with Crippen LogP contribution >= 0.6 is 11.6 Å². The number of benzene rings is 1. The van der Waals surface area contributed by atoms with Crippen LogP contribution in [0.5, 0.6) is 5.75 Å². The van der Waals surface area contributed by atoms with Crippen LogP contribution in [0, 0.1) is 5.92 Å². The largest absolute Gasteiger partial charge is 0.496 e. The molecule has 2 N–H and O–H groups in total. The summed E-state index contributed by atoms with van der Waals surface area (Å²) in [7, 11) is 1.67. The summed E-state index contributed by atoms with van der Waals surface area (Å²) in [6.45, 7) is 3.67. The van der Waals surface area contributed by atoms with Gasteiger partial charge in [-0.3, -0.25) is 5.10 Å². The molecule has 1 aromatic heterocycles. The average Bonchev–Trinajstić information content (AvgIpc) is 3.23. The van der Waals surface area contributed by atoms with Gasteiger partial charge < -0.3 is 14.8 Å². The molecule has 0 amide bonds. The van der Waals surface area contributed by atoms with E-state index in [0.717, 1.165) is 36.7 Å². The van der Waals surface area contributed by atoms with E-state index in [4.69, 9.17) is 21.1 Å². The van der Waals surface area contributed by atoms with E-state index in [1.807, 2.05) is 18.2 Å². The van der Waals surface area contributed by atoms with Gasteiger partial charge in [-0.2, -0.15) is 5.10 Å². The van der Waals surface area contributed by atoms with E-state index in [0.29, 0.717) is 10.9 Å². The third kappa shape index (κ3) is 3.65. The first-order valence-corrected chi connectivity index (χ1v) is 8.10. The van der Waals surface area contributed by atoms with Gasteiger partial charge in [0.05, 0.1) is 7.11 Å². The highest BCUT2D eigenvalue weighted by Gasteiger charge is 2.32. The molecule has 1 unspecified atom stereocenters. The van der Waals surface area contributed by atoms with Crippen molar-refractivity contribution in [2.75, 3.05) is 20.3 Å². The van der Waals surface area contributed by atoms with Gasteiger partial charge in [-0.25, -0.2) is 4.98 Å². The molecule has 23 heavy (non-hydrogen) atoms. The molecule has 1 saturated heterocycles. The van der Waals surface area contributed by atoms with Crippen LogP contribution in [-0.4, -0.2) is 35.4 Å². The summed E-state index contributed by atoms with van der Waals surface area (Å²) in [6, 6.07) is 5.80. The summed E-state index contributed by atoms with van der Waals surface area (Å²) >= 11 is 6.11. The minimum Gasteiger partial charge on any atom is -0.496 e. The first-order chi connectivity index (χ1) is 11.2. The highest BCUT2D eigenvalue weighted by Crippen LogP contribution is 2.33. The maximum atomic E-state index is 6.11. The summed E-state index contributed by atoms with van der Waals surface area (Å²) in [4.78, 5) is 4.22. The third-order valence-corrected chi connectivity index (χ3v) is 4.50. The maximum Gasteiger partial charge on any atom is 0.153 e. The number of aromatic amines is 1. The average molecular weight is 337 g/mol. The minimum atomic E-state index is -0.0292. The molecule has 6 nitrogen and oxygen atoms in total. The van der Waals surface area contributed by atoms with E-state index in [-0.39, 0.29) is 12.1 Å². The molecule has 124 valence electrons. The Hall–Kier alpha value is -1.63. The van der Waals surface area contributed by atoms with Gasteiger partial charge in [-0.05, 0) is 31.5 Å². The molecule has 1 aromatic carbocycles. The van der Waals surface area contributed by atoms with Crippen molar-refractivity contribution in [3.05, 3.63) is 40.9 Å². The van der Waals surface area contributed by atoms with Crippen LogP contribution in [0.25, 0.3) is 0 Å². The number of methoxy groups -OCH3 is 1. The van der Waals surface area contributed by atoms with Crippen LogP contribution in [0.2, 0.25) is 5.02 Å². The smallest absolute Gasteiger partial charge is 0.153 e. The van der Waals surface area contributed by atoms with Crippen molar-refractivity contribution in [2.45, 2.75) is 25.5 Å². The summed E-state index contributed by atoms with van der Waals surface area (Å²) in [5.74, 6) is 1.99. The molecule has 3 atom stereocenters. The van der Waals surface area contributed by atoms with Crippen LogP contribution in [0.15, 0.2) is 24.5 Å². The zero-order valence-corrected chi connectivity index (χ0v) is 14.0. The Morgan fingerprint density at radius 3 is 3.13 bits per heavy atom. The Kier molecular flexibility index (Phi) is 5.15. The van der Waals surface area contributed by atoms with Gasteiger partial charge in [0.2, 0.25) is 0 Å². The lowest BCUT2D eigenvalue weighted by Crippen LogP contribution is -2.28. The molecule has 0 spiro atoms. The lowest BCUT2D eigenvalue weighted by atomic mass is 9.99. The second kappa shape index (κ2) is 7.29. The van der Waals surface area contributed by atoms with E-state index in [9.17, 15) is 0 Å². The van der Waals surface area contributed by atoms with Crippen LogP contribution in [0.3, 0.4) is 0 Å². The zero-order chi connectivity index (χ0) is 16.2. The molecule has 3 rings (SSSR count). The predicted molar refractivity (Wildman–Crippen MR) is 87.6 cm³/mol. The monoisotopic (exact) mass is 336 g/mol. The fourth-order valence-electron chi connectivity index (χ4n) is 2.98. The highest BCUT2D eigenvalue weighted by atomic mass is 35.5. The van der Waals surface area contributed by atoms with Crippen molar-refractivity contribution in [2.24, 2.45) is 5.92 Å². The van der Waals surface area contributed by atoms with Gasteiger partial charge in [0.1, 0.15) is 18.2 Å². The Morgan fingerprint density at radius 1 is 1.52 bits per heavy atom. The molecular formula is C16H21ClN4O2. The summed E-state index contributed by atoms with van der Waals surface area (Å²) in [6.07, 6.45) is 2.48. The number of H-pyrrole nitrogens is 1. The van der Waals surface area contributed by atoms with Crippen LogP contribution < -0.4 is 10.1 Å². The fourth-order valence-corrected chi connectivity index (χ4v) is 3.16. The molecule has 1 aliphatic heterocycles. The van der Waals surface area contributed by atoms with Gasteiger partial charge in [-0.15, -0.1) is 0 Å². The van der Waals surface area contributed by atoms with E-state index in [1.54, 1.807) is 7.11 Å². The molecule has 7 heteroatoms. The SMILES string of the molecule is COc1ccc(Cl)cc1C(C)NC[C@@H]1CCO[C@@H]1c1ncn[nH]1. The van der Waals surface area contributed by atoms with Crippen molar-refractivity contribution >= 4 is 11.6 Å². The molecule has 0 saturated carbocycles. The van der Waals surface area contributed by atoms with Crippen molar-refractivity contribution in [3.8, 4) is 5.75 Å². The Morgan fingerprint density at radius 2 is 2.39 bits per heavy atom. The molecule has 0 bridgehead atoms. The third-order valence-electron chi connectivity index (χ3n) is 4.26. The molecular weight excluding hydrogens is 316 g/mol. The van der Waals surface area contributed by atoms with Gasteiger partial charge in [0.25, 0.3) is 0 Å². The van der Waals surface area contributed by atoms with Gasteiger partial charge >= 0.3 is 0 Å². The van der Waals surface area contributed by atoms with Crippen molar-refractivity contribution in [3.63, 3.8) is 0 Å². The van der Waals surface area contributed by atoms with Gasteiger partial charge in [0.15, 0.2) is 5.82 Å². The molecule has 0 radical (unpaired) electrons. The van der Waals surface area contributed by atoms with Crippen molar-refractivity contribution in [1.29, 1.82) is 0 Å². The van der Waals surface area contributed by atoms with Crippen molar-refractivity contribution < 1.29 is 9.47 Å². The number of ether oxygens (including phenoxy) is 2. The number of halogens is 1. The van der Waals surface area contributed by atoms with Gasteiger partial charge in [-0.1, -0.05) is 11.6 Å². The second-order valence-corrected chi connectivity index (χ2v) is 6.16. The quantitative estimate of drug-likeness (QED) is 0.848. The zero-order valence-electron chi connectivity index (χ0n) is 13.3. The number of nitrogens with one attached hydrogen (secondary N) is 2. The minimum absolute atomic E-state index is 0.0292. The number of hydrogen-bond donors (Lipinski definition) is 2. The number of rotatable bonds is 6. The summed E-state index contributed by atoms with van der Waals surface area (Å²) in [5, 5.41) is 11.1. The first kappa shape index (κ1) is 16.2. The van der Waals surface area contributed by atoms with Crippen LogP contribution in [-0.2, 0) is 4.74 Å². The normalized spacial score (nSPS) is 22.2. The number of hydrogen-bond acceptors (Lipinski definition) is 5. The molecule has 2 heterocycles. The predicted octanol–water partition coefficient (Wildman–Crippen LogP) is 2.90. The second-order valence-electron chi connectivity index (χ2n) is 5.73. The Bertz CT molecular complexity index is 635. The fraction of sp³-hybridized carbons (Fsp3) is 0.500. The molecule has 2 aromatic rings. The van der Waals surface area contributed by atoms with E-state index >= 15 is 0 Å².